The van der Waals surface area contributed by atoms with Crippen molar-refractivity contribution in [3.8, 4) is 0 Å². The molecule has 1 aromatic rings. The molecular formula is C11H18N3O+. The van der Waals surface area contributed by atoms with Crippen molar-refractivity contribution >= 4 is 6.29 Å². The summed E-state index contributed by atoms with van der Waals surface area (Å²) in [5.74, 6) is 1.05. The summed E-state index contributed by atoms with van der Waals surface area (Å²) in [6.07, 6.45) is 1.78. The van der Waals surface area contributed by atoms with E-state index >= 15 is 0 Å². The first-order valence-electron chi connectivity index (χ1n) is 5.43. The van der Waals surface area contributed by atoms with E-state index in [1.54, 1.807) is 0 Å². The van der Waals surface area contributed by atoms with Gasteiger partial charge in [-0.15, -0.1) is 0 Å². The van der Waals surface area contributed by atoms with E-state index < -0.39 is 0 Å². The summed E-state index contributed by atoms with van der Waals surface area (Å²) >= 11 is 0. The van der Waals surface area contributed by atoms with Crippen molar-refractivity contribution in [3.63, 3.8) is 0 Å². The van der Waals surface area contributed by atoms with Crippen LogP contribution in [0.1, 0.15) is 28.9 Å². The van der Waals surface area contributed by atoms with Crippen LogP contribution in [0.4, 0.5) is 0 Å². The maximum Gasteiger partial charge on any atom is 0.170 e. The van der Waals surface area contributed by atoms with Crippen LogP contribution in [0.15, 0.2) is 0 Å². The minimum absolute atomic E-state index is 0.637. The highest BCUT2D eigenvalue weighted by Gasteiger charge is 2.29. The third-order valence-corrected chi connectivity index (χ3v) is 3.12. The van der Waals surface area contributed by atoms with Gasteiger partial charge in [0.15, 0.2) is 6.29 Å². The Labute approximate surface area is 90.1 Å². The molecule has 1 aliphatic heterocycles. The Morgan fingerprint density at radius 1 is 1.53 bits per heavy atom. The number of carbonyl (C=O) groups excluding carboxylic acids is 1. The molecule has 0 saturated heterocycles. The second kappa shape index (κ2) is 3.45. The lowest BCUT2D eigenvalue weighted by atomic mass is 10.2. The number of aldehydes is 1. The second-order valence-electron chi connectivity index (χ2n) is 4.80. The fraction of sp³-hybridized carbons (Fsp3) is 0.636. The molecule has 82 valence electrons. The summed E-state index contributed by atoms with van der Waals surface area (Å²) in [5, 5.41) is 0. The summed E-state index contributed by atoms with van der Waals surface area (Å²) in [7, 11) is 4.38. The standard InChI is InChI=1S/C11H18N3O/c1-4-11-12-9(8-15)10-7-14(2,3)6-5-13(10)11/h8H,4-7H2,1-3H3/q+1. The molecule has 0 saturated carbocycles. The average molecular weight is 208 g/mol. The van der Waals surface area contributed by atoms with Crippen LogP contribution in [-0.4, -0.2) is 41.0 Å². The van der Waals surface area contributed by atoms with E-state index in [9.17, 15) is 4.79 Å². The van der Waals surface area contributed by atoms with E-state index in [2.05, 4.69) is 30.6 Å². The molecule has 0 atom stereocenters. The predicted molar refractivity (Wildman–Crippen MR) is 57.7 cm³/mol. The van der Waals surface area contributed by atoms with Crippen LogP contribution in [0.2, 0.25) is 0 Å². The number of hydrogen-bond donors (Lipinski definition) is 0. The number of imidazole rings is 1. The van der Waals surface area contributed by atoms with E-state index in [1.807, 2.05) is 0 Å². The summed E-state index contributed by atoms with van der Waals surface area (Å²) in [4.78, 5) is 15.3. The van der Waals surface area contributed by atoms with Crippen LogP contribution in [0, 0.1) is 0 Å². The highest BCUT2D eigenvalue weighted by Crippen LogP contribution is 2.21. The number of hydrogen-bond acceptors (Lipinski definition) is 2. The van der Waals surface area contributed by atoms with Gasteiger partial charge in [-0.05, 0) is 0 Å². The topological polar surface area (TPSA) is 34.9 Å². The second-order valence-corrected chi connectivity index (χ2v) is 4.80. The number of aromatic nitrogens is 2. The van der Waals surface area contributed by atoms with Crippen LogP contribution >= 0.6 is 0 Å². The lowest BCUT2D eigenvalue weighted by molar-refractivity contribution is -0.907. The summed E-state index contributed by atoms with van der Waals surface area (Å²) < 4.78 is 3.16. The van der Waals surface area contributed by atoms with Crippen LogP contribution < -0.4 is 0 Å². The largest absolute Gasteiger partial charge is 0.322 e. The number of quaternary nitrogens is 1. The Balaban J connectivity index is 2.48. The molecule has 0 aliphatic carbocycles. The van der Waals surface area contributed by atoms with E-state index in [1.165, 1.54) is 0 Å². The Kier molecular flexibility index (Phi) is 2.38. The van der Waals surface area contributed by atoms with Crippen molar-refractivity contribution in [1.29, 1.82) is 0 Å². The van der Waals surface area contributed by atoms with E-state index in [0.29, 0.717) is 5.69 Å². The third-order valence-electron chi connectivity index (χ3n) is 3.12. The van der Waals surface area contributed by atoms with Crippen LogP contribution in [0.3, 0.4) is 0 Å². The summed E-state index contributed by atoms with van der Waals surface area (Å²) in [6.45, 7) is 5.07. The van der Waals surface area contributed by atoms with E-state index in [4.69, 9.17) is 0 Å². The van der Waals surface area contributed by atoms with Gasteiger partial charge < -0.3 is 9.05 Å². The number of carbonyl (C=O) groups is 1. The van der Waals surface area contributed by atoms with E-state index in [-0.39, 0.29) is 0 Å². The maximum absolute atomic E-state index is 10.9. The fourth-order valence-electron chi connectivity index (χ4n) is 2.21. The molecule has 1 aromatic heterocycles. The van der Waals surface area contributed by atoms with Crippen LogP contribution in [0.25, 0.3) is 0 Å². The van der Waals surface area contributed by atoms with Gasteiger partial charge in [-0.2, -0.15) is 0 Å². The SMILES string of the molecule is CCc1nc(C=O)c2n1CC[N+](C)(C)C2. The Bertz CT molecular complexity index is 393. The third kappa shape index (κ3) is 1.69. The lowest BCUT2D eigenvalue weighted by Gasteiger charge is -2.34. The van der Waals surface area contributed by atoms with Crippen molar-refractivity contribution in [3.05, 3.63) is 17.2 Å². The maximum atomic E-state index is 10.9. The van der Waals surface area contributed by atoms with Gasteiger partial charge in [0.2, 0.25) is 0 Å². The molecule has 2 rings (SSSR count). The number of fused-ring (bicyclic) bond motifs is 1. The van der Waals surface area contributed by atoms with Crippen LogP contribution in [0.5, 0.6) is 0 Å². The normalized spacial score (nSPS) is 18.6. The molecule has 0 N–H and O–H groups in total. The zero-order chi connectivity index (χ0) is 11.1. The minimum Gasteiger partial charge on any atom is -0.322 e. The first-order valence-corrected chi connectivity index (χ1v) is 5.43. The van der Waals surface area contributed by atoms with Gasteiger partial charge >= 0.3 is 0 Å². The quantitative estimate of drug-likeness (QED) is 0.533. The molecule has 4 heteroatoms. The molecule has 0 unspecified atom stereocenters. The van der Waals surface area contributed by atoms with Gasteiger partial charge in [-0.3, -0.25) is 4.79 Å². The molecule has 0 aromatic carbocycles. The zero-order valence-corrected chi connectivity index (χ0v) is 9.66. The monoisotopic (exact) mass is 208 g/mol. The fourth-order valence-corrected chi connectivity index (χ4v) is 2.21. The predicted octanol–water partition coefficient (Wildman–Crippen LogP) is 0.848. The first kappa shape index (κ1) is 10.4. The number of aryl methyl sites for hydroxylation is 1. The molecule has 0 radical (unpaired) electrons. The molecule has 1 aliphatic rings. The van der Waals surface area contributed by atoms with Gasteiger partial charge in [0.25, 0.3) is 0 Å². The van der Waals surface area contributed by atoms with Crippen molar-refractivity contribution in [1.82, 2.24) is 9.55 Å². The Morgan fingerprint density at radius 2 is 2.27 bits per heavy atom. The summed E-state index contributed by atoms with van der Waals surface area (Å²) in [6, 6.07) is 0. The minimum atomic E-state index is 0.637. The highest BCUT2D eigenvalue weighted by atomic mass is 16.1. The van der Waals surface area contributed by atoms with Gasteiger partial charge in [0, 0.05) is 6.42 Å². The average Bonchev–Trinajstić information content (AvgIpc) is 2.53. The first-order chi connectivity index (χ1) is 7.07. The van der Waals surface area contributed by atoms with Gasteiger partial charge in [-0.25, -0.2) is 4.98 Å². The Hall–Kier alpha value is -1.16. The molecule has 0 fully saturated rings. The molecule has 0 bridgehead atoms. The van der Waals surface area contributed by atoms with Crippen molar-refractivity contribution in [2.75, 3.05) is 20.6 Å². The lowest BCUT2D eigenvalue weighted by Crippen LogP contribution is -2.46. The van der Waals surface area contributed by atoms with Gasteiger partial charge in [-0.1, -0.05) is 6.92 Å². The van der Waals surface area contributed by atoms with Crippen LogP contribution in [-0.2, 0) is 19.5 Å². The van der Waals surface area contributed by atoms with Crippen molar-refractivity contribution in [2.45, 2.75) is 26.4 Å². The van der Waals surface area contributed by atoms with Crippen molar-refractivity contribution < 1.29 is 9.28 Å². The number of likely N-dealkylation sites (N-methyl/N-ethyl adjacent to an activating group) is 1. The zero-order valence-electron chi connectivity index (χ0n) is 9.66. The van der Waals surface area contributed by atoms with Gasteiger partial charge in [0.1, 0.15) is 23.8 Å². The van der Waals surface area contributed by atoms with E-state index in [0.717, 1.165) is 48.3 Å². The number of nitrogens with zero attached hydrogens (tertiary/aromatic N) is 3. The Morgan fingerprint density at radius 3 is 2.87 bits per heavy atom. The molecule has 0 amide bonds. The molecule has 15 heavy (non-hydrogen) atoms. The molecule has 4 nitrogen and oxygen atoms in total. The van der Waals surface area contributed by atoms with Crippen molar-refractivity contribution in [2.24, 2.45) is 0 Å². The van der Waals surface area contributed by atoms with Gasteiger partial charge in [0.05, 0.1) is 27.2 Å². The number of rotatable bonds is 2. The summed E-state index contributed by atoms with van der Waals surface area (Å²) in [5.41, 5.74) is 1.75. The molecule has 2 heterocycles. The molecule has 0 spiro atoms. The molecular weight excluding hydrogens is 190 g/mol. The highest BCUT2D eigenvalue weighted by molar-refractivity contribution is 5.73. The smallest absolute Gasteiger partial charge is 0.170 e.